The van der Waals surface area contributed by atoms with Gasteiger partial charge >= 0.3 is 23.9 Å². The molecule has 0 fully saturated rings. The van der Waals surface area contributed by atoms with Gasteiger partial charge in [0.2, 0.25) is 0 Å². The lowest BCUT2D eigenvalue weighted by Gasteiger charge is -2.28. The van der Waals surface area contributed by atoms with Crippen molar-refractivity contribution in [3.05, 3.63) is 0 Å². The van der Waals surface area contributed by atoms with Gasteiger partial charge in [-0.3, -0.25) is 14.4 Å². The standard InChI is InChI=1S/C30H55NO8.ClH/c1-27(32)37-25-22-31(2,3)26-30(36)39-24-19-15-11-7-6-10-14-18-23-38-29(35)21-17-13-9-5-4-8-12-16-20-28(33)34;/h4-26H2,1-3H3;1H/p+1. The topological polar surface area (TPSA) is 116 Å². The molecule has 0 aliphatic heterocycles. The highest BCUT2D eigenvalue weighted by atomic mass is 35.5. The first-order chi connectivity index (χ1) is 18.6. The molecule has 10 heteroatoms. The molecule has 0 aliphatic rings. The van der Waals surface area contributed by atoms with Gasteiger partial charge in [0.25, 0.3) is 0 Å². The van der Waals surface area contributed by atoms with Crippen LogP contribution >= 0.6 is 12.4 Å². The molecule has 0 unspecified atom stereocenters. The number of likely N-dealkylation sites (N-methyl/N-ethyl adjacent to an activating group) is 1. The Morgan fingerprint density at radius 1 is 0.550 bits per heavy atom. The Labute approximate surface area is 248 Å². The first-order valence-electron chi connectivity index (χ1n) is 15.1. The van der Waals surface area contributed by atoms with Crippen LogP contribution in [0.2, 0.25) is 0 Å². The van der Waals surface area contributed by atoms with E-state index in [1.165, 1.54) is 13.3 Å². The molecule has 0 bridgehead atoms. The zero-order chi connectivity index (χ0) is 29.2. The Kier molecular flexibility index (Phi) is 27.5. The molecule has 9 nitrogen and oxygen atoms in total. The predicted octanol–water partition coefficient (Wildman–Crippen LogP) is 6.24. The van der Waals surface area contributed by atoms with Crippen molar-refractivity contribution >= 4 is 36.3 Å². The van der Waals surface area contributed by atoms with Gasteiger partial charge in [-0.15, -0.1) is 12.4 Å². The number of rotatable bonds is 27. The van der Waals surface area contributed by atoms with Gasteiger partial charge in [0, 0.05) is 19.8 Å². The quantitative estimate of drug-likeness (QED) is 0.0514. The number of carbonyl (C=O) groups is 4. The number of unbranched alkanes of at least 4 members (excludes halogenated alkanes) is 14. The number of carbonyl (C=O) groups excluding carboxylic acids is 3. The molecule has 0 saturated heterocycles. The number of hydrogen-bond acceptors (Lipinski definition) is 7. The second-order valence-electron chi connectivity index (χ2n) is 11.1. The smallest absolute Gasteiger partial charge is 0.361 e. The van der Waals surface area contributed by atoms with Crippen molar-refractivity contribution in [3.63, 3.8) is 0 Å². The van der Waals surface area contributed by atoms with Gasteiger partial charge < -0.3 is 23.8 Å². The van der Waals surface area contributed by atoms with Crippen molar-refractivity contribution in [1.82, 2.24) is 0 Å². The molecule has 0 rings (SSSR count). The summed E-state index contributed by atoms with van der Waals surface area (Å²) in [5, 5.41) is 8.60. The second-order valence-corrected chi connectivity index (χ2v) is 11.1. The molecule has 0 saturated carbocycles. The lowest BCUT2D eigenvalue weighted by molar-refractivity contribution is -0.883. The van der Waals surface area contributed by atoms with Crippen molar-refractivity contribution in [1.29, 1.82) is 0 Å². The Hall–Kier alpha value is -1.87. The van der Waals surface area contributed by atoms with Crippen LogP contribution in [0.25, 0.3) is 0 Å². The van der Waals surface area contributed by atoms with Crippen LogP contribution in [-0.2, 0) is 33.4 Å². The summed E-state index contributed by atoms with van der Waals surface area (Å²) in [5.41, 5.74) is 0. The van der Waals surface area contributed by atoms with Gasteiger partial charge in [0.1, 0.15) is 13.2 Å². The number of quaternary nitrogens is 1. The van der Waals surface area contributed by atoms with Crippen LogP contribution in [0.1, 0.15) is 122 Å². The number of ether oxygens (including phenoxy) is 3. The highest BCUT2D eigenvalue weighted by Crippen LogP contribution is 2.12. The van der Waals surface area contributed by atoms with Gasteiger partial charge in [-0.1, -0.05) is 77.0 Å². The fraction of sp³-hybridized carbons (Fsp3) is 0.867. The molecule has 1 N–H and O–H groups in total. The summed E-state index contributed by atoms with van der Waals surface area (Å²) >= 11 is 0. The average Bonchev–Trinajstić information content (AvgIpc) is 2.84. The molecule has 0 atom stereocenters. The van der Waals surface area contributed by atoms with Gasteiger partial charge in [-0.25, -0.2) is 4.79 Å². The minimum atomic E-state index is -0.713. The normalized spacial score (nSPS) is 11.0. The van der Waals surface area contributed by atoms with Crippen LogP contribution in [0, 0.1) is 0 Å². The van der Waals surface area contributed by atoms with Crippen LogP contribution in [0.15, 0.2) is 0 Å². The van der Waals surface area contributed by atoms with Crippen LogP contribution in [0.4, 0.5) is 0 Å². The lowest BCUT2D eigenvalue weighted by atomic mass is 10.1. The first kappa shape index (κ1) is 40.3. The minimum Gasteiger partial charge on any atom is -0.481 e. The van der Waals surface area contributed by atoms with E-state index in [1.54, 1.807) is 0 Å². The molecule has 0 spiro atoms. The summed E-state index contributed by atoms with van der Waals surface area (Å²) in [4.78, 5) is 45.1. The summed E-state index contributed by atoms with van der Waals surface area (Å²) in [5.74, 6) is -1.33. The van der Waals surface area contributed by atoms with E-state index in [9.17, 15) is 19.2 Å². The van der Waals surface area contributed by atoms with E-state index in [2.05, 4.69) is 0 Å². The summed E-state index contributed by atoms with van der Waals surface area (Å²) in [6, 6.07) is 0. The van der Waals surface area contributed by atoms with Gasteiger partial charge in [-0.05, 0) is 25.7 Å². The molecule has 0 aromatic carbocycles. The maximum Gasteiger partial charge on any atom is 0.361 e. The highest BCUT2D eigenvalue weighted by molar-refractivity contribution is 5.85. The van der Waals surface area contributed by atoms with Crippen LogP contribution in [-0.4, -0.2) is 80.5 Å². The zero-order valence-corrected chi connectivity index (χ0v) is 26.2. The third-order valence-electron chi connectivity index (χ3n) is 6.65. The summed E-state index contributed by atoms with van der Waals surface area (Å²) in [7, 11) is 3.83. The molecular formula is C30H57ClNO8+. The SMILES string of the molecule is CC(=O)OCC[N+](C)(C)CC(=O)OCCCCCCCCCCOC(=O)CCCCCCCCCCC(=O)O.Cl. The third kappa shape index (κ3) is 30.7. The van der Waals surface area contributed by atoms with E-state index < -0.39 is 5.97 Å². The van der Waals surface area contributed by atoms with E-state index in [1.807, 2.05) is 14.1 Å². The first-order valence-corrected chi connectivity index (χ1v) is 15.1. The van der Waals surface area contributed by atoms with Gasteiger partial charge in [0.15, 0.2) is 6.54 Å². The summed E-state index contributed by atoms with van der Waals surface area (Å²) < 4.78 is 16.0. The van der Waals surface area contributed by atoms with Crippen molar-refractivity contribution < 1.29 is 43.0 Å². The van der Waals surface area contributed by atoms with Crippen molar-refractivity contribution in [3.8, 4) is 0 Å². The minimum absolute atomic E-state index is 0. The fourth-order valence-electron chi connectivity index (χ4n) is 4.23. The molecule has 236 valence electrons. The van der Waals surface area contributed by atoms with Gasteiger partial charge in [0.05, 0.1) is 27.3 Å². The molecule has 0 amide bonds. The number of carboxylic acids is 1. The molecule has 40 heavy (non-hydrogen) atoms. The number of esters is 3. The van der Waals surface area contributed by atoms with Crippen LogP contribution in [0.3, 0.4) is 0 Å². The van der Waals surface area contributed by atoms with Crippen LogP contribution in [0.5, 0.6) is 0 Å². The maximum atomic E-state index is 12.0. The van der Waals surface area contributed by atoms with Crippen molar-refractivity contribution in [2.75, 3.05) is 47.0 Å². The number of aliphatic carboxylic acids is 1. The maximum absolute atomic E-state index is 12.0. The van der Waals surface area contributed by atoms with Crippen LogP contribution < -0.4 is 0 Å². The second kappa shape index (κ2) is 27.3. The highest BCUT2D eigenvalue weighted by Gasteiger charge is 2.21. The third-order valence-corrected chi connectivity index (χ3v) is 6.65. The molecule has 0 aromatic heterocycles. The number of hydrogen-bond donors (Lipinski definition) is 1. The van der Waals surface area contributed by atoms with E-state index >= 15 is 0 Å². The molecule has 0 heterocycles. The Morgan fingerprint density at radius 3 is 1.40 bits per heavy atom. The van der Waals surface area contributed by atoms with Crippen molar-refractivity contribution in [2.24, 2.45) is 0 Å². The van der Waals surface area contributed by atoms with Crippen molar-refractivity contribution in [2.45, 2.75) is 122 Å². The Balaban J connectivity index is 0. The zero-order valence-electron chi connectivity index (χ0n) is 25.4. The average molecular weight is 595 g/mol. The van der Waals surface area contributed by atoms with E-state index in [-0.39, 0.29) is 43.3 Å². The van der Waals surface area contributed by atoms with Gasteiger partial charge in [-0.2, -0.15) is 0 Å². The molecule has 0 radical (unpaired) electrons. The fourth-order valence-corrected chi connectivity index (χ4v) is 4.23. The lowest BCUT2D eigenvalue weighted by Crippen LogP contribution is -2.46. The van der Waals surface area contributed by atoms with E-state index in [4.69, 9.17) is 19.3 Å². The van der Waals surface area contributed by atoms with E-state index in [0.717, 1.165) is 96.3 Å². The number of carboxylic acid groups (broad SMARTS) is 1. The largest absolute Gasteiger partial charge is 0.481 e. The number of nitrogens with zero attached hydrogens (tertiary/aromatic N) is 1. The molecular weight excluding hydrogens is 538 g/mol. The molecule has 0 aliphatic carbocycles. The Bertz CT molecular complexity index is 672. The number of halogens is 1. The summed E-state index contributed by atoms with van der Waals surface area (Å²) in [6.45, 7) is 3.46. The molecule has 0 aromatic rings. The predicted molar refractivity (Wildman–Crippen MR) is 158 cm³/mol. The summed E-state index contributed by atoms with van der Waals surface area (Å²) in [6.07, 6.45) is 17.5. The van der Waals surface area contributed by atoms with E-state index in [0.29, 0.717) is 37.3 Å². The monoisotopic (exact) mass is 594 g/mol. The Morgan fingerprint density at radius 2 is 0.950 bits per heavy atom.